The average molecular weight is 394 g/mol. The van der Waals surface area contributed by atoms with Gasteiger partial charge in [-0.25, -0.2) is 4.98 Å². The van der Waals surface area contributed by atoms with Crippen LogP contribution in [0.15, 0.2) is 42.9 Å². The molecule has 1 fully saturated rings. The summed E-state index contributed by atoms with van der Waals surface area (Å²) in [7, 11) is 1.83. The maximum Gasteiger partial charge on any atom is 0.274 e. The van der Waals surface area contributed by atoms with Crippen LogP contribution in [0.2, 0.25) is 0 Å². The number of aryl methyl sites for hydroxylation is 2. The highest BCUT2D eigenvalue weighted by Gasteiger charge is 2.23. The number of nitrogens with one attached hydrogen (secondary N) is 1. The first-order valence-corrected chi connectivity index (χ1v) is 9.58. The predicted octanol–water partition coefficient (Wildman–Crippen LogP) is 3.23. The summed E-state index contributed by atoms with van der Waals surface area (Å²) in [6.07, 6.45) is 6.16. The number of aromatic nitrogens is 4. The predicted molar refractivity (Wildman–Crippen MR) is 110 cm³/mol. The maximum atomic E-state index is 12.9. The minimum absolute atomic E-state index is 0.0637. The molecule has 7 nitrogen and oxygen atoms in total. The molecule has 0 saturated carbocycles. The Hall–Kier alpha value is -3.29. The SMILES string of the molecule is Cc1ncc(N2CCC(CF)C2)cc1NC(=O)c1cccc(-c2cnn(C)c2)n1. The van der Waals surface area contributed by atoms with E-state index >= 15 is 0 Å². The Morgan fingerprint density at radius 2 is 2.21 bits per heavy atom. The Labute approximate surface area is 168 Å². The van der Waals surface area contributed by atoms with Crippen LogP contribution in [0.3, 0.4) is 0 Å². The molecular weight excluding hydrogens is 371 g/mol. The number of pyridine rings is 2. The summed E-state index contributed by atoms with van der Waals surface area (Å²) in [5.74, 6) is -0.241. The van der Waals surface area contributed by atoms with E-state index in [9.17, 15) is 9.18 Å². The van der Waals surface area contributed by atoms with Crippen molar-refractivity contribution in [3.8, 4) is 11.3 Å². The van der Waals surface area contributed by atoms with Gasteiger partial charge in [-0.3, -0.25) is 18.9 Å². The first-order chi connectivity index (χ1) is 14.0. The van der Waals surface area contributed by atoms with Crippen LogP contribution in [0.4, 0.5) is 15.8 Å². The van der Waals surface area contributed by atoms with Crippen LogP contribution in [-0.2, 0) is 7.05 Å². The molecule has 8 heteroatoms. The molecule has 1 N–H and O–H groups in total. The first kappa shape index (κ1) is 19.0. The van der Waals surface area contributed by atoms with Gasteiger partial charge in [0.2, 0.25) is 0 Å². The third-order valence-electron chi connectivity index (χ3n) is 5.17. The van der Waals surface area contributed by atoms with Gasteiger partial charge in [0.05, 0.1) is 41.8 Å². The van der Waals surface area contributed by atoms with E-state index in [1.54, 1.807) is 29.2 Å². The molecule has 4 heterocycles. The number of anilines is 2. The van der Waals surface area contributed by atoms with Crippen LogP contribution < -0.4 is 10.2 Å². The standard InChI is InChI=1S/C21H23FN6O/c1-14-20(8-17(11-23-14)28-7-6-15(9-22)12-28)26-21(29)19-5-3-4-18(25-19)16-10-24-27(2)13-16/h3-5,8,10-11,13,15H,6-7,9,12H2,1-2H3,(H,26,29). The molecule has 0 spiro atoms. The Balaban J connectivity index is 1.53. The van der Waals surface area contributed by atoms with Crippen LogP contribution in [0, 0.1) is 12.8 Å². The van der Waals surface area contributed by atoms with Crippen LogP contribution in [0.5, 0.6) is 0 Å². The van der Waals surface area contributed by atoms with Crippen molar-refractivity contribution in [2.45, 2.75) is 13.3 Å². The molecule has 1 atom stereocenters. The highest BCUT2D eigenvalue weighted by Crippen LogP contribution is 2.27. The number of alkyl halides is 1. The molecule has 0 aromatic carbocycles. The van der Waals surface area contributed by atoms with Gasteiger partial charge in [-0.2, -0.15) is 5.10 Å². The zero-order valence-corrected chi connectivity index (χ0v) is 16.5. The number of hydrogen-bond donors (Lipinski definition) is 1. The van der Waals surface area contributed by atoms with E-state index in [-0.39, 0.29) is 18.5 Å². The van der Waals surface area contributed by atoms with Crippen molar-refractivity contribution in [3.05, 3.63) is 54.2 Å². The maximum absolute atomic E-state index is 12.9. The molecule has 1 amide bonds. The normalized spacial score (nSPS) is 16.2. The fourth-order valence-corrected chi connectivity index (χ4v) is 3.48. The summed E-state index contributed by atoms with van der Waals surface area (Å²) in [6, 6.07) is 7.21. The van der Waals surface area contributed by atoms with Gasteiger partial charge in [0.25, 0.3) is 5.91 Å². The first-order valence-electron chi connectivity index (χ1n) is 9.58. The number of rotatable bonds is 5. The summed E-state index contributed by atoms with van der Waals surface area (Å²) in [5.41, 5.74) is 4.08. The van der Waals surface area contributed by atoms with Gasteiger partial charge in [0.1, 0.15) is 5.69 Å². The largest absolute Gasteiger partial charge is 0.370 e. The van der Waals surface area contributed by atoms with Crippen molar-refractivity contribution < 1.29 is 9.18 Å². The van der Waals surface area contributed by atoms with Gasteiger partial charge in [-0.1, -0.05) is 6.07 Å². The minimum Gasteiger partial charge on any atom is -0.370 e. The monoisotopic (exact) mass is 394 g/mol. The fraction of sp³-hybridized carbons (Fsp3) is 0.333. The van der Waals surface area contributed by atoms with Gasteiger partial charge < -0.3 is 10.2 Å². The topological polar surface area (TPSA) is 75.9 Å². The number of amides is 1. The van der Waals surface area contributed by atoms with Crippen molar-refractivity contribution in [2.24, 2.45) is 13.0 Å². The van der Waals surface area contributed by atoms with E-state index in [0.29, 0.717) is 29.3 Å². The molecule has 0 bridgehead atoms. The molecule has 150 valence electrons. The lowest BCUT2D eigenvalue weighted by atomic mass is 10.1. The molecular formula is C21H23FN6O. The molecule has 1 saturated heterocycles. The van der Waals surface area contributed by atoms with Crippen molar-refractivity contribution >= 4 is 17.3 Å². The third-order valence-corrected chi connectivity index (χ3v) is 5.17. The van der Waals surface area contributed by atoms with E-state index in [2.05, 4.69) is 25.3 Å². The lowest BCUT2D eigenvalue weighted by Gasteiger charge is -2.19. The molecule has 3 aromatic heterocycles. The summed E-state index contributed by atoms with van der Waals surface area (Å²) < 4.78 is 14.6. The van der Waals surface area contributed by atoms with Crippen LogP contribution in [0.1, 0.15) is 22.6 Å². The highest BCUT2D eigenvalue weighted by molar-refractivity contribution is 6.03. The van der Waals surface area contributed by atoms with Crippen LogP contribution in [0.25, 0.3) is 11.3 Å². The smallest absolute Gasteiger partial charge is 0.274 e. The van der Waals surface area contributed by atoms with Gasteiger partial charge in [-0.15, -0.1) is 0 Å². The number of hydrogen-bond acceptors (Lipinski definition) is 5. The van der Waals surface area contributed by atoms with Gasteiger partial charge in [0, 0.05) is 37.8 Å². The average Bonchev–Trinajstić information content (AvgIpc) is 3.39. The van der Waals surface area contributed by atoms with Gasteiger partial charge >= 0.3 is 0 Å². The molecule has 3 aromatic rings. The van der Waals surface area contributed by atoms with Crippen LogP contribution >= 0.6 is 0 Å². The van der Waals surface area contributed by atoms with E-state index < -0.39 is 0 Å². The lowest BCUT2D eigenvalue weighted by molar-refractivity contribution is 0.102. The molecule has 1 unspecified atom stereocenters. The summed E-state index contributed by atoms with van der Waals surface area (Å²) in [6.45, 7) is 3.00. The van der Waals surface area contributed by atoms with Crippen molar-refractivity contribution in [2.75, 3.05) is 30.0 Å². The third kappa shape index (κ3) is 4.11. The van der Waals surface area contributed by atoms with E-state index in [0.717, 1.165) is 24.2 Å². The highest BCUT2D eigenvalue weighted by atomic mass is 19.1. The lowest BCUT2D eigenvalue weighted by Crippen LogP contribution is -2.21. The Kier molecular flexibility index (Phi) is 5.24. The van der Waals surface area contributed by atoms with Crippen LogP contribution in [-0.4, -0.2) is 45.4 Å². The Morgan fingerprint density at radius 1 is 1.34 bits per heavy atom. The Morgan fingerprint density at radius 3 is 2.93 bits per heavy atom. The molecule has 0 aliphatic carbocycles. The quantitative estimate of drug-likeness (QED) is 0.719. The second kappa shape index (κ2) is 7.98. The van der Waals surface area contributed by atoms with E-state index in [4.69, 9.17) is 0 Å². The summed E-state index contributed by atoms with van der Waals surface area (Å²) >= 11 is 0. The molecule has 1 aliphatic rings. The second-order valence-corrected chi connectivity index (χ2v) is 7.35. The number of halogens is 1. The Bertz CT molecular complexity index is 1030. The number of carbonyl (C=O) groups is 1. The molecule has 4 rings (SSSR count). The number of carbonyl (C=O) groups excluding carboxylic acids is 1. The van der Waals surface area contributed by atoms with Crippen molar-refractivity contribution in [1.82, 2.24) is 19.7 Å². The van der Waals surface area contributed by atoms with E-state index in [1.807, 2.05) is 32.3 Å². The zero-order chi connectivity index (χ0) is 20.4. The molecule has 1 aliphatic heterocycles. The van der Waals surface area contributed by atoms with Crippen molar-refractivity contribution in [1.29, 1.82) is 0 Å². The zero-order valence-electron chi connectivity index (χ0n) is 16.5. The van der Waals surface area contributed by atoms with Gasteiger partial charge in [0.15, 0.2) is 0 Å². The van der Waals surface area contributed by atoms with Crippen molar-refractivity contribution in [3.63, 3.8) is 0 Å². The fourth-order valence-electron chi connectivity index (χ4n) is 3.48. The second-order valence-electron chi connectivity index (χ2n) is 7.35. The minimum atomic E-state index is -0.307. The van der Waals surface area contributed by atoms with E-state index in [1.165, 1.54) is 0 Å². The molecule has 29 heavy (non-hydrogen) atoms. The summed E-state index contributed by atoms with van der Waals surface area (Å²) in [5, 5.41) is 7.06. The summed E-state index contributed by atoms with van der Waals surface area (Å²) in [4.78, 5) is 23.8. The van der Waals surface area contributed by atoms with Gasteiger partial charge in [-0.05, 0) is 31.5 Å². The molecule has 0 radical (unpaired) electrons. The number of nitrogens with zero attached hydrogens (tertiary/aromatic N) is 5.